The molecule has 0 N–H and O–H groups in total. The highest BCUT2D eigenvalue weighted by Gasteiger charge is 2.08. The zero-order valence-corrected chi connectivity index (χ0v) is 11.3. The molecular formula is C16H15ClN2. The van der Waals surface area contributed by atoms with Gasteiger partial charge in [0, 0.05) is 11.7 Å². The molecule has 19 heavy (non-hydrogen) atoms. The third-order valence-electron chi connectivity index (χ3n) is 2.81. The van der Waals surface area contributed by atoms with Crippen molar-refractivity contribution in [2.45, 2.75) is 6.54 Å². The predicted octanol–water partition coefficient (Wildman–Crippen LogP) is 4.43. The van der Waals surface area contributed by atoms with E-state index in [9.17, 15) is 0 Å². The minimum absolute atomic E-state index is 0.595. The summed E-state index contributed by atoms with van der Waals surface area (Å²) in [6.07, 6.45) is 0. The normalized spacial score (nSPS) is 9.95. The fraction of sp³-hybridized carbons (Fsp3) is 0.0625. The summed E-state index contributed by atoms with van der Waals surface area (Å²) in [6, 6.07) is 17.6. The van der Waals surface area contributed by atoms with Crippen LogP contribution in [-0.2, 0) is 6.54 Å². The first-order chi connectivity index (χ1) is 9.20. The van der Waals surface area contributed by atoms with Gasteiger partial charge in [-0.15, -0.1) is 0 Å². The maximum Gasteiger partial charge on any atom is 0.0666 e. The lowest BCUT2D eigenvalue weighted by atomic mass is 10.1. The van der Waals surface area contributed by atoms with Gasteiger partial charge in [-0.25, -0.2) is 0 Å². The van der Waals surface area contributed by atoms with Crippen LogP contribution in [0.3, 0.4) is 0 Å². The lowest BCUT2D eigenvalue weighted by Crippen LogP contribution is -2.14. The third kappa shape index (κ3) is 3.46. The molecule has 2 rings (SSSR count). The second kappa shape index (κ2) is 6.21. The first-order valence-electron chi connectivity index (χ1n) is 5.93. The number of hydrogen-bond donors (Lipinski definition) is 0. The average molecular weight is 271 g/mol. The summed E-state index contributed by atoms with van der Waals surface area (Å²) in [6.45, 7) is 8.28. The molecule has 0 radical (unpaired) electrons. The summed E-state index contributed by atoms with van der Waals surface area (Å²) in [5, 5.41) is 6.51. The average Bonchev–Trinajstić information content (AvgIpc) is 2.45. The van der Waals surface area contributed by atoms with Crippen molar-refractivity contribution in [3.63, 3.8) is 0 Å². The van der Waals surface area contributed by atoms with Crippen molar-refractivity contribution in [3.8, 4) is 0 Å². The molecule has 0 saturated heterocycles. The molecule has 0 heterocycles. The van der Waals surface area contributed by atoms with E-state index in [-0.39, 0.29) is 0 Å². The Kier molecular flexibility index (Phi) is 4.37. The van der Waals surface area contributed by atoms with E-state index >= 15 is 0 Å². The fourth-order valence-electron chi connectivity index (χ4n) is 1.82. The van der Waals surface area contributed by atoms with Crippen molar-refractivity contribution in [3.05, 3.63) is 77.3 Å². The van der Waals surface area contributed by atoms with Gasteiger partial charge >= 0.3 is 0 Å². The van der Waals surface area contributed by atoms with Gasteiger partial charge in [-0.2, -0.15) is 5.10 Å². The van der Waals surface area contributed by atoms with Crippen LogP contribution in [0.4, 0.5) is 0 Å². The number of nitrogens with zero attached hydrogens (tertiary/aromatic N) is 2. The molecule has 0 aliphatic heterocycles. The number of benzene rings is 2. The Morgan fingerprint density at radius 1 is 1.11 bits per heavy atom. The standard InChI is InChI=1S/C16H15ClN2/c1-13(15-8-4-3-5-9-15)19(18-2)12-14-7-6-10-16(17)11-14/h3-11H,1-2,12H2. The van der Waals surface area contributed by atoms with Crippen molar-refractivity contribution in [1.82, 2.24) is 5.01 Å². The number of hydrazone groups is 1. The maximum absolute atomic E-state index is 5.98. The van der Waals surface area contributed by atoms with Crippen LogP contribution < -0.4 is 0 Å². The van der Waals surface area contributed by atoms with E-state index in [0.717, 1.165) is 16.8 Å². The van der Waals surface area contributed by atoms with Gasteiger partial charge < -0.3 is 0 Å². The van der Waals surface area contributed by atoms with E-state index in [2.05, 4.69) is 18.4 Å². The maximum atomic E-state index is 5.98. The molecule has 3 heteroatoms. The topological polar surface area (TPSA) is 15.6 Å². The molecule has 0 aromatic heterocycles. The van der Waals surface area contributed by atoms with Gasteiger partial charge in [-0.3, -0.25) is 5.01 Å². The Balaban J connectivity index is 2.17. The minimum atomic E-state index is 0.595. The molecule has 2 aromatic carbocycles. The van der Waals surface area contributed by atoms with Crippen molar-refractivity contribution in [1.29, 1.82) is 0 Å². The van der Waals surface area contributed by atoms with Crippen molar-refractivity contribution in [2.24, 2.45) is 5.10 Å². The van der Waals surface area contributed by atoms with Gasteiger partial charge in [0.15, 0.2) is 0 Å². The van der Waals surface area contributed by atoms with Crippen LogP contribution in [0.2, 0.25) is 5.02 Å². The second-order valence-electron chi connectivity index (χ2n) is 4.14. The van der Waals surface area contributed by atoms with Crippen molar-refractivity contribution in [2.75, 3.05) is 0 Å². The van der Waals surface area contributed by atoms with Gasteiger partial charge in [0.05, 0.1) is 12.2 Å². The Bertz CT molecular complexity index is 578. The summed E-state index contributed by atoms with van der Waals surface area (Å²) in [4.78, 5) is 0. The molecule has 0 aliphatic rings. The second-order valence-corrected chi connectivity index (χ2v) is 4.58. The molecule has 0 fully saturated rings. The largest absolute Gasteiger partial charge is 0.262 e. The summed E-state index contributed by atoms with van der Waals surface area (Å²) >= 11 is 5.98. The van der Waals surface area contributed by atoms with E-state index < -0.39 is 0 Å². The molecule has 2 nitrogen and oxygen atoms in total. The van der Waals surface area contributed by atoms with Crippen LogP contribution in [0.5, 0.6) is 0 Å². The van der Waals surface area contributed by atoms with Gasteiger partial charge in [0.25, 0.3) is 0 Å². The smallest absolute Gasteiger partial charge is 0.0666 e. The molecule has 96 valence electrons. The highest BCUT2D eigenvalue weighted by Crippen LogP contribution is 2.21. The Hall–Kier alpha value is -2.06. The zero-order valence-electron chi connectivity index (χ0n) is 10.6. The van der Waals surface area contributed by atoms with Gasteiger partial charge in [-0.05, 0) is 23.3 Å². The molecule has 0 bridgehead atoms. The molecule has 0 spiro atoms. The van der Waals surface area contributed by atoms with Crippen LogP contribution >= 0.6 is 11.6 Å². The van der Waals surface area contributed by atoms with Crippen LogP contribution in [0, 0.1) is 0 Å². The molecule has 0 aliphatic carbocycles. The molecule has 0 amide bonds. The first-order valence-corrected chi connectivity index (χ1v) is 6.31. The number of hydrogen-bond acceptors (Lipinski definition) is 2. The highest BCUT2D eigenvalue weighted by atomic mass is 35.5. The van der Waals surface area contributed by atoms with Gasteiger partial charge in [0.2, 0.25) is 0 Å². The molecule has 0 atom stereocenters. The third-order valence-corrected chi connectivity index (χ3v) is 3.05. The summed E-state index contributed by atoms with van der Waals surface area (Å²) in [7, 11) is 0. The molecular weight excluding hydrogens is 256 g/mol. The molecule has 0 saturated carbocycles. The summed E-state index contributed by atoms with van der Waals surface area (Å²) in [5.41, 5.74) is 2.91. The summed E-state index contributed by atoms with van der Waals surface area (Å²) in [5.74, 6) is 0. The molecule has 0 unspecified atom stereocenters. The van der Waals surface area contributed by atoms with Gasteiger partial charge in [0.1, 0.15) is 0 Å². The van der Waals surface area contributed by atoms with E-state index in [1.807, 2.05) is 54.6 Å². The first kappa shape index (κ1) is 13.4. The van der Waals surface area contributed by atoms with Crippen LogP contribution in [-0.4, -0.2) is 11.7 Å². The van der Waals surface area contributed by atoms with Crippen LogP contribution in [0.25, 0.3) is 5.70 Å². The SMILES string of the molecule is C=NN(Cc1cccc(Cl)c1)C(=C)c1ccccc1. The van der Waals surface area contributed by atoms with Gasteiger partial charge in [-0.1, -0.05) is 60.6 Å². The highest BCUT2D eigenvalue weighted by molar-refractivity contribution is 6.30. The summed E-state index contributed by atoms with van der Waals surface area (Å²) < 4.78 is 0. The van der Waals surface area contributed by atoms with E-state index in [4.69, 9.17) is 11.6 Å². The number of halogens is 1. The Morgan fingerprint density at radius 3 is 2.47 bits per heavy atom. The molecule has 2 aromatic rings. The Labute approximate surface area is 118 Å². The van der Waals surface area contributed by atoms with Crippen molar-refractivity contribution < 1.29 is 0 Å². The monoisotopic (exact) mass is 270 g/mol. The lowest BCUT2D eigenvalue weighted by Gasteiger charge is -2.21. The Morgan fingerprint density at radius 2 is 1.84 bits per heavy atom. The van der Waals surface area contributed by atoms with E-state index in [1.165, 1.54) is 0 Å². The van der Waals surface area contributed by atoms with Crippen LogP contribution in [0.1, 0.15) is 11.1 Å². The minimum Gasteiger partial charge on any atom is -0.262 e. The van der Waals surface area contributed by atoms with E-state index in [1.54, 1.807) is 5.01 Å². The lowest BCUT2D eigenvalue weighted by molar-refractivity contribution is 0.420. The fourth-order valence-corrected chi connectivity index (χ4v) is 2.03. The number of rotatable bonds is 5. The predicted molar refractivity (Wildman–Crippen MR) is 82.0 cm³/mol. The quantitative estimate of drug-likeness (QED) is 0.580. The zero-order chi connectivity index (χ0) is 13.7. The van der Waals surface area contributed by atoms with Crippen LogP contribution in [0.15, 0.2) is 66.3 Å². The van der Waals surface area contributed by atoms with Crippen molar-refractivity contribution >= 4 is 24.0 Å². The van der Waals surface area contributed by atoms with E-state index in [0.29, 0.717) is 11.6 Å².